The maximum absolute atomic E-state index is 13.6. The van der Waals surface area contributed by atoms with Crippen LogP contribution in [-0.4, -0.2) is 18.2 Å². The number of hydrogen-bond acceptors (Lipinski definition) is 7. The molecule has 0 amide bonds. The van der Waals surface area contributed by atoms with Crippen LogP contribution in [0.4, 0.5) is 27.4 Å². The van der Waals surface area contributed by atoms with Gasteiger partial charge in [0, 0.05) is 0 Å². The average molecular weight is 375 g/mol. The number of anilines is 2. The summed E-state index contributed by atoms with van der Waals surface area (Å²) in [7, 11) is -3.81. The molecule has 9 nitrogen and oxygen atoms in total. The predicted octanol–water partition coefficient (Wildman–Crippen LogP) is 2.24. The predicted molar refractivity (Wildman–Crippen MR) is 94.3 cm³/mol. The van der Waals surface area contributed by atoms with E-state index >= 15 is 0 Å². The van der Waals surface area contributed by atoms with E-state index in [9.17, 15) is 12.8 Å². The summed E-state index contributed by atoms with van der Waals surface area (Å²) in [5.74, 6) is -0.497. The van der Waals surface area contributed by atoms with E-state index in [0.717, 1.165) is 0 Å². The molecule has 134 valence electrons. The number of rotatable bonds is 4. The highest BCUT2D eigenvalue weighted by molar-refractivity contribution is 7.89. The minimum atomic E-state index is -3.81. The Bertz CT molecular complexity index is 1090. The summed E-state index contributed by atoms with van der Waals surface area (Å²) in [4.78, 5) is -0.0561. The third-order valence-corrected chi connectivity index (χ3v) is 4.37. The monoisotopic (exact) mass is 375 g/mol. The summed E-state index contributed by atoms with van der Waals surface area (Å²) in [5.41, 5.74) is 12.3. The molecule has 2 aromatic carbocycles. The first kappa shape index (κ1) is 17.5. The number of halogens is 1. The van der Waals surface area contributed by atoms with E-state index in [2.05, 4.69) is 15.3 Å². The minimum absolute atomic E-state index is 0.0156. The zero-order valence-electron chi connectivity index (χ0n) is 13.2. The van der Waals surface area contributed by atoms with Gasteiger partial charge in [0.1, 0.15) is 5.69 Å². The van der Waals surface area contributed by atoms with Crippen molar-refractivity contribution >= 4 is 33.0 Å². The van der Waals surface area contributed by atoms with Gasteiger partial charge in [0.15, 0.2) is 23.1 Å². The number of nitrogen functional groups attached to an aromatic ring is 2. The lowest BCUT2D eigenvalue weighted by Crippen LogP contribution is -2.12. The van der Waals surface area contributed by atoms with E-state index < -0.39 is 15.8 Å². The van der Waals surface area contributed by atoms with Crippen molar-refractivity contribution in [1.29, 1.82) is 0 Å². The van der Waals surface area contributed by atoms with E-state index in [1.807, 2.05) is 0 Å². The van der Waals surface area contributed by atoms with Crippen molar-refractivity contribution in [3.63, 3.8) is 0 Å². The van der Waals surface area contributed by atoms with Crippen LogP contribution in [0.1, 0.15) is 0 Å². The lowest BCUT2D eigenvalue weighted by atomic mass is 10.3. The number of primary sulfonamides is 1. The molecule has 26 heavy (non-hydrogen) atoms. The minimum Gasteiger partial charge on any atom is -0.382 e. The van der Waals surface area contributed by atoms with Gasteiger partial charge in [-0.05, 0) is 36.4 Å². The second-order valence-corrected chi connectivity index (χ2v) is 6.78. The van der Waals surface area contributed by atoms with Gasteiger partial charge in [-0.15, -0.1) is 15.3 Å². The topological polar surface area (TPSA) is 155 Å². The van der Waals surface area contributed by atoms with E-state index in [4.69, 9.17) is 16.6 Å². The van der Waals surface area contributed by atoms with Crippen LogP contribution in [0.25, 0.3) is 5.69 Å². The molecule has 1 aromatic heterocycles. The number of nitrogens with two attached hydrogens (primary N) is 3. The lowest BCUT2D eigenvalue weighted by molar-refractivity contribution is 0.597. The summed E-state index contributed by atoms with van der Waals surface area (Å²) in [5, 5.41) is 16.8. The fraction of sp³-hybridized carbons (Fsp3) is 0. The van der Waals surface area contributed by atoms with Gasteiger partial charge in [-0.25, -0.2) is 22.6 Å². The van der Waals surface area contributed by atoms with Crippen LogP contribution in [0.3, 0.4) is 0 Å². The van der Waals surface area contributed by atoms with Crippen molar-refractivity contribution in [2.45, 2.75) is 4.90 Å². The molecular weight excluding hydrogens is 361 g/mol. The van der Waals surface area contributed by atoms with Gasteiger partial charge in [0.25, 0.3) is 0 Å². The molecular formula is C15H14FN7O2S. The molecule has 0 atom stereocenters. The fourth-order valence-corrected chi connectivity index (χ4v) is 2.67. The Balaban J connectivity index is 1.97. The van der Waals surface area contributed by atoms with Gasteiger partial charge in [0.05, 0.1) is 10.6 Å². The van der Waals surface area contributed by atoms with Gasteiger partial charge < -0.3 is 11.5 Å². The Morgan fingerprint density at radius 3 is 2.27 bits per heavy atom. The Labute approximate surface area is 148 Å². The van der Waals surface area contributed by atoms with Crippen LogP contribution in [0.5, 0.6) is 0 Å². The normalized spacial score (nSPS) is 11.9. The van der Waals surface area contributed by atoms with Crippen molar-refractivity contribution in [1.82, 2.24) is 9.78 Å². The Hall–Kier alpha value is -3.31. The molecule has 0 fully saturated rings. The van der Waals surface area contributed by atoms with Crippen LogP contribution in [0.2, 0.25) is 0 Å². The molecule has 0 aliphatic carbocycles. The summed E-state index contributed by atoms with van der Waals surface area (Å²) >= 11 is 0. The lowest BCUT2D eigenvalue weighted by Gasteiger charge is -2.04. The van der Waals surface area contributed by atoms with Crippen LogP contribution < -0.4 is 16.6 Å². The molecule has 1 heterocycles. The first-order valence-electron chi connectivity index (χ1n) is 7.21. The molecule has 0 aliphatic rings. The van der Waals surface area contributed by atoms with Crippen molar-refractivity contribution in [2.24, 2.45) is 15.4 Å². The van der Waals surface area contributed by atoms with Gasteiger partial charge >= 0.3 is 0 Å². The Kier molecular flexibility index (Phi) is 4.40. The molecule has 0 saturated heterocycles. The number of aromatic nitrogens is 2. The van der Waals surface area contributed by atoms with E-state index in [1.165, 1.54) is 47.1 Å². The first-order chi connectivity index (χ1) is 12.3. The summed E-state index contributed by atoms with van der Waals surface area (Å²) < 4.78 is 37.5. The van der Waals surface area contributed by atoms with Crippen LogP contribution in [-0.2, 0) is 10.0 Å². The van der Waals surface area contributed by atoms with Crippen LogP contribution in [0, 0.1) is 5.82 Å². The molecule has 3 aromatic rings. The van der Waals surface area contributed by atoms with Gasteiger partial charge in [-0.3, -0.25) is 0 Å². The standard InChI is InChI=1S/C15H14FN7O2S/c16-11-3-1-2-4-12(11)20-21-13-14(17)22-23(15(13)18)9-5-7-10(8-6-9)26(19,24)25/h1-8H,18H2,(H2,17,22)(H2,19,24,25). The van der Waals surface area contributed by atoms with Crippen molar-refractivity contribution < 1.29 is 12.8 Å². The number of sulfonamides is 1. The summed E-state index contributed by atoms with van der Waals surface area (Å²) in [6, 6.07) is 11.4. The summed E-state index contributed by atoms with van der Waals surface area (Å²) in [6.45, 7) is 0. The highest BCUT2D eigenvalue weighted by Crippen LogP contribution is 2.33. The number of benzene rings is 2. The van der Waals surface area contributed by atoms with Gasteiger partial charge in [0.2, 0.25) is 10.0 Å². The number of azo groups is 1. The molecule has 0 aliphatic heterocycles. The highest BCUT2D eigenvalue weighted by Gasteiger charge is 2.16. The van der Waals surface area contributed by atoms with E-state index in [-0.39, 0.29) is 27.9 Å². The Morgan fingerprint density at radius 1 is 1.00 bits per heavy atom. The fourth-order valence-electron chi connectivity index (χ4n) is 2.15. The van der Waals surface area contributed by atoms with Gasteiger partial charge in [-0.2, -0.15) is 0 Å². The molecule has 6 N–H and O–H groups in total. The first-order valence-corrected chi connectivity index (χ1v) is 8.75. The van der Waals surface area contributed by atoms with Gasteiger partial charge in [-0.1, -0.05) is 12.1 Å². The smallest absolute Gasteiger partial charge is 0.238 e. The zero-order chi connectivity index (χ0) is 18.9. The van der Waals surface area contributed by atoms with Crippen LogP contribution >= 0.6 is 0 Å². The molecule has 0 unspecified atom stereocenters. The molecule has 0 saturated carbocycles. The molecule has 0 bridgehead atoms. The average Bonchev–Trinajstić information content (AvgIpc) is 2.88. The largest absolute Gasteiger partial charge is 0.382 e. The quantitative estimate of drug-likeness (QED) is 0.596. The molecule has 11 heteroatoms. The number of nitrogens with zero attached hydrogens (tertiary/aromatic N) is 4. The van der Waals surface area contributed by atoms with Crippen molar-refractivity contribution in [2.75, 3.05) is 11.5 Å². The Morgan fingerprint density at radius 2 is 1.65 bits per heavy atom. The molecule has 0 spiro atoms. The molecule has 0 radical (unpaired) electrons. The highest BCUT2D eigenvalue weighted by atomic mass is 32.2. The van der Waals surface area contributed by atoms with Crippen LogP contribution in [0.15, 0.2) is 63.7 Å². The third-order valence-electron chi connectivity index (χ3n) is 3.44. The van der Waals surface area contributed by atoms with Crippen molar-refractivity contribution in [3.8, 4) is 5.69 Å². The SMILES string of the molecule is Nc1nn(-c2ccc(S(N)(=O)=O)cc2)c(N)c1N=Nc1ccccc1F. The molecule has 3 rings (SSSR count). The van der Waals surface area contributed by atoms with E-state index in [0.29, 0.717) is 5.69 Å². The zero-order valence-corrected chi connectivity index (χ0v) is 14.1. The number of hydrogen-bond donors (Lipinski definition) is 3. The van der Waals surface area contributed by atoms with E-state index in [1.54, 1.807) is 6.07 Å². The maximum atomic E-state index is 13.6. The van der Waals surface area contributed by atoms with Crippen molar-refractivity contribution in [3.05, 3.63) is 54.3 Å². The maximum Gasteiger partial charge on any atom is 0.238 e. The summed E-state index contributed by atoms with van der Waals surface area (Å²) in [6.07, 6.45) is 0. The third kappa shape index (κ3) is 3.38. The second kappa shape index (κ2) is 6.54. The second-order valence-electron chi connectivity index (χ2n) is 5.22.